The van der Waals surface area contributed by atoms with Gasteiger partial charge in [-0.1, -0.05) is 26.7 Å². The number of rotatable bonds is 6. The summed E-state index contributed by atoms with van der Waals surface area (Å²) in [5, 5.41) is 5.00. The van der Waals surface area contributed by atoms with Crippen LogP contribution < -0.4 is 5.32 Å². The zero-order valence-corrected chi connectivity index (χ0v) is 14.8. The van der Waals surface area contributed by atoms with E-state index in [4.69, 9.17) is 0 Å². The molecule has 21 heavy (non-hydrogen) atoms. The molecule has 1 fully saturated rings. The van der Waals surface area contributed by atoms with Gasteiger partial charge in [-0.2, -0.15) is 4.31 Å². The lowest BCUT2D eigenvalue weighted by molar-refractivity contribution is 0.213. The lowest BCUT2D eigenvalue weighted by atomic mass is 9.86. The van der Waals surface area contributed by atoms with Crippen molar-refractivity contribution in [3.05, 3.63) is 16.3 Å². The Labute approximate surface area is 132 Å². The van der Waals surface area contributed by atoms with Gasteiger partial charge < -0.3 is 5.32 Å². The third-order valence-corrected chi connectivity index (χ3v) is 7.34. The van der Waals surface area contributed by atoms with E-state index in [1.807, 2.05) is 13.0 Å². The molecule has 1 heterocycles. The quantitative estimate of drug-likeness (QED) is 0.872. The molecule has 2 rings (SSSR count). The van der Waals surface area contributed by atoms with E-state index in [0.29, 0.717) is 10.8 Å². The molecule has 120 valence electrons. The number of nitrogens with zero attached hydrogens (tertiary/aromatic N) is 1. The highest BCUT2D eigenvalue weighted by Crippen LogP contribution is 2.31. The van der Waals surface area contributed by atoms with Gasteiger partial charge in [0.05, 0.1) is 4.90 Å². The van der Waals surface area contributed by atoms with Crippen LogP contribution in [0.15, 0.2) is 16.3 Å². The van der Waals surface area contributed by atoms with Crippen LogP contribution in [0, 0.1) is 5.92 Å². The van der Waals surface area contributed by atoms with Gasteiger partial charge in [-0.05, 0) is 31.4 Å². The number of nitrogens with one attached hydrogen (secondary N) is 1. The molecule has 1 N–H and O–H groups in total. The van der Waals surface area contributed by atoms with Crippen molar-refractivity contribution >= 4 is 21.4 Å². The number of hydrogen-bond donors (Lipinski definition) is 1. The average Bonchev–Trinajstić information content (AvgIpc) is 2.94. The molecule has 0 amide bonds. The molecule has 1 aromatic rings. The van der Waals surface area contributed by atoms with Crippen LogP contribution in [-0.4, -0.2) is 32.4 Å². The van der Waals surface area contributed by atoms with E-state index in [9.17, 15) is 8.42 Å². The zero-order chi connectivity index (χ0) is 15.5. The summed E-state index contributed by atoms with van der Waals surface area (Å²) in [5.74, 6) is 0.443. The molecule has 0 aromatic carbocycles. The Balaban J connectivity index is 2.14. The Morgan fingerprint density at radius 3 is 2.76 bits per heavy atom. The Hall–Kier alpha value is -0.430. The minimum absolute atomic E-state index is 0.140. The first-order chi connectivity index (χ1) is 9.96. The van der Waals surface area contributed by atoms with Crippen molar-refractivity contribution in [3.8, 4) is 0 Å². The summed E-state index contributed by atoms with van der Waals surface area (Å²) in [6.07, 6.45) is 4.45. The summed E-state index contributed by atoms with van der Waals surface area (Å²) in [4.78, 5) is 1.51. The van der Waals surface area contributed by atoms with Crippen LogP contribution in [0.4, 0.5) is 0 Å². The fraction of sp³-hybridized carbons (Fsp3) is 0.733. The topological polar surface area (TPSA) is 49.4 Å². The second kappa shape index (κ2) is 7.22. The minimum Gasteiger partial charge on any atom is -0.312 e. The zero-order valence-electron chi connectivity index (χ0n) is 13.1. The van der Waals surface area contributed by atoms with Crippen molar-refractivity contribution in [2.24, 2.45) is 5.92 Å². The van der Waals surface area contributed by atoms with Crippen LogP contribution in [0.3, 0.4) is 0 Å². The van der Waals surface area contributed by atoms with Crippen LogP contribution in [0.5, 0.6) is 0 Å². The number of sulfonamides is 1. The van der Waals surface area contributed by atoms with Gasteiger partial charge in [-0.25, -0.2) is 8.42 Å². The molecular weight excluding hydrogens is 304 g/mol. The Morgan fingerprint density at radius 2 is 2.10 bits per heavy atom. The van der Waals surface area contributed by atoms with Gasteiger partial charge >= 0.3 is 0 Å². The highest BCUT2D eigenvalue weighted by Gasteiger charge is 2.33. The van der Waals surface area contributed by atoms with Gasteiger partial charge in [0.25, 0.3) is 0 Å². The molecule has 0 radical (unpaired) electrons. The van der Waals surface area contributed by atoms with Crippen molar-refractivity contribution in [1.82, 2.24) is 9.62 Å². The normalized spacial score (nSPS) is 23.6. The monoisotopic (exact) mass is 330 g/mol. The minimum atomic E-state index is -3.36. The van der Waals surface area contributed by atoms with E-state index >= 15 is 0 Å². The number of hydrogen-bond acceptors (Lipinski definition) is 4. The van der Waals surface area contributed by atoms with Gasteiger partial charge in [0, 0.05) is 29.9 Å². The molecule has 1 aliphatic rings. The Bertz CT molecular complexity index is 554. The summed E-state index contributed by atoms with van der Waals surface area (Å²) in [6.45, 7) is 5.84. The van der Waals surface area contributed by atoms with Crippen LogP contribution >= 0.6 is 11.3 Å². The van der Waals surface area contributed by atoms with Crippen molar-refractivity contribution in [1.29, 1.82) is 0 Å². The Kier molecular flexibility index (Phi) is 5.82. The molecule has 1 aliphatic carbocycles. The van der Waals surface area contributed by atoms with Crippen molar-refractivity contribution in [2.45, 2.75) is 57.0 Å². The summed E-state index contributed by atoms with van der Waals surface area (Å²) in [7, 11) is -1.62. The van der Waals surface area contributed by atoms with Crippen LogP contribution in [0.1, 0.15) is 44.4 Å². The highest BCUT2D eigenvalue weighted by molar-refractivity contribution is 7.89. The lowest BCUT2D eigenvalue weighted by Crippen LogP contribution is -2.42. The molecule has 0 aliphatic heterocycles. The van der Waals surface area contributed by atoms with E-state index in [2.05, 4.69) is 12.2 Å². The molecule has 1 saturated carbocycles. The maximum absolute atomic E-state index is 12.8. The smallest absolute Gasteiger partial charge is 0.243 e. The molecule has 0 saturated heterocycles. The van der Waals surface area contributed by atoms with Gasteiger partial charge in [0.15, 0.2) is 0 Å². The van der Waals surface area contributed by atoms with E-state index in [-0.39, 0.29) is 6.04 Å². The fourth-order valence-corrected chi connectivity index (χ4v) is 5.73. The Morgan fingerprint density at radius 1 is 1.38 bits per heavy atom. The van der Waals surface area contributed by atoms with E-state index in [0.717, 1.165) is 37.2 Å². The largest absolute Gasteiger partial charge is 0.312 e. The predicted octanol–water partition coefficient (Wildman–Crippen LogP) is 3.06. The molecule has 0 spiro atoms. The standard InChI is InChI=1S/C15H26N2O2S2/c1-4-16-10-13-9-14(11-20-13)21(18,19)17(3)15-8-6-5-7-12(15)2/h9,11-12,15-16H,4-8,10H2,1-3H3. The molecular formula is C15H26N2O2S2. The molecule has 4 nitrogen and oxygen atoms in total. The molecule has 0 bridgehead atoms. The first kappa shape index (κ1) is 16.9. The summed E-state index contributed by atoms with van der Waals surface area (Å²) in [6, 6.07) is 1.95. The second-order valence-corrected chi connectivity index (χ2v) is 8.87. The third kappa shape index (κ3) is 3.86. The fourth-order valence-electron chi connectivity index (χ4n) is 3.02. The molecule has 6 heteroatoms. The molecule has 2 atom stereocenters. The maximum Gasteiger partial charge on any atom is 0.243 e. The van der Waals surface area contributed by atoms with Gasteiger partial charge in [-0.3, -0.25) is 0 Å². The van der Waals surface area contributed by atoms with E-state index < -0.39 is 10.0 Å². The molecule has 2 unspecified atom stereocenters. The SMILES string of the molecule is CCNCc1cc(S(=O)(=O)N(C)C2CCCCC2C)cs1. The summed E-state index contributed by atoms with van der Waals surface area (Å²) < 4.78 is 27.2. The summed E-state index contributed by atoms with van der Waals surface area (Å²) in [5.41, 5.74) is 0. The average molecular weight is 331 g/mol. The third-order valence-electron chi connectivity index (χ3n) is 4.39. The summed E-state index contributed by atoms with van der Waals surface area (Å²) >= 11 is 1.51. The van der Waals surface area contributed by atoms with Crippen molar-refractivity contribution in [2.75, 3.05) is 13.6 Å². The van der Waals surface area contributed by atoms with Gasteiger partial charge in [-0.15, -0.1) is 11.3 Å². The van der Waals surface area contributed by atoms with Crippen LogP contribution in [0.25, 0.3) is 0 Å². The van der Waals surface area contributed by atoms with Crippen LogP contribution in [-0.2, 0) is 16.6 Å². The van der Waals surface area contributed by atoms with Crippen molar-refractivity contribution in [3.63, 3.8) is 0 Å². The second-order valence-electron chi connectivity index (χ2n) is 5.88. The van der Waals surface area contributed by atoms with Crippen molar-refractivity contribution < 1.29 is 8.42 Å². The molecule has 1 aromatic heterocycles. The van der Waals surface area contributed by atoms with E-state index in [1.54, 1.807) is 16.7 Å². The highest BCUT2D eigenvalue weighted by atomic mass is 32.2. The predicted molar refractivity (Wildman–Crippen MR) is 88.1 cm³/mol. The van der Waals surface area contributed by atoms with Crippen LogP contribution in [0.2, 0.25) is 0 Å². The van der Waals surface area contributed by atoms with E-state index in [1.165, 1.54) is 17.8 Å². The maximum atomic E-state index is 12.8. The number of thiophene rings is 1. The first-order valence-electron chi connectivity index (χ1n) is 7.73. The van der Waals surface area contributed by atoms with Gasteiger partial charge in [0.1, 0.15) is 0 Å². The van der Waals surface area contributed by atoms with Gasteiger partial charge in [0.2, 0.25) is 10.0 Å². The lowest BCUT2D eigenvalue weighted by Gasteiger charge is -2.35. The first-order valence-corrected chi connectivity index (χ1v) is 10.0.